The highest BCUT2D eigenvalue weighted by molar-refractivity contribution is 4.94. The van der Waals surface area contributed by atoms with Crippen LogP contribution in [0.1, 0.15) is 67.2 Å². The average molecular weight is 182 g/mol. The second-order valence-electron chi connectivity index (χ2n) is 7.02. The molecule has 0 N–H and O–H groups in total. The van der Waals surface area contributed by atoms with E-state index < -0.39 is 0 Å². The summed E-state index contributed by atoms with van der Waals surface area (Å²) in [6.45, 7) is 14.5. The molecule has 0 saturated heterocycles. The van der Waals surface area contributed by atoms with Gasteiger partial charge in [-0.25, -0.2) is 0 Å². The Bertz CT molecular complexity index is 170. The summed E-state index contributed by atoms with van der Waals surface area (Å²) in [6, 6.07) is 0. The third kappa shape index (κ3) is 2.72. The molecule has 0 aromatic carbocycles. The van der Waals surface area contributed by atoms with E-state index in [1.807, 2.05) is 0 Å². The first-order valence-electron chi connectivity index (χ1n) is 5.68. The van der Waals surface area contributed by atoms with Gasteiger partial charge in [0.25, 0.3) is 0 Å². The van der Waals surface area contributed by atoms with Crippen LogP contribution in [0.2, 0.25) is 0 Å². The fourth-order valence-electron chi connectivity index (χ4n) is 4.04. The van der Waals surface area contributed by atoms with Crippen molar-refractivity contribution in [1.82, 2.24) is 0 Å². The summed E-state index contributed by atoms with van der Waals surface area (Å²) in [6.07, 6.45) is 5.52. The highest BCUT2D eigenvalue weighted by Gasteiger charge is 2.43. The van der Waals surface area contributed by atoms with Crippen LogP contribution < -0.4 is 0 Å². The molecule has 0 spiro atoms. The van der Waals surface area contributed by atoms with Crippen molar-refractivity contribution in [3.8, 4) is 0 Å². The van der Waals surface area contributed by atoms with Gasteiger partial charge in [0.2, 0.25) is 0 Å². The van der Waals surface area contributed by atoms with Gasteiger partial charge in [0.05, 0.1) is 0 Å². The molecule has 0 radical (unpaired) electrons. The highest BCUT2D eigenvalue weighted by atomic mass is 14.5. The Hall–Kier alpha value is 0. The van der Waals surface area contributed by atoms with Gasteiger partial charge in [-0.1, -0.05) is 48.0 Å². The van der Waals surface area contributed by atoms with Crippen molar-refractivity contribution in [2.75, 3.05) is 0 Å². The number of hydrogen-bond acceptors (Lipinski definition) is 0. The van der Waals surface area contributed by atoms with Crippen molar-refractivity contribution in [3.05, 3.63) is 0 Å². The maximum Gasteiger partial charge on any atom is -0.0318 e. The Morgan fingerprint density at radius 1 is 0.769 bits per heavy atom. The van der Waals surface area contributed by atoms with Gasteiger partial charge >= 0.3 is 0 Å². The van der Waals surface area contributed by atoms with Crippen LogP contribution in [0.4, 0.5) is 0 Å². The standard InChI is InChI=1S/C13H26/c1-7-13(6)9-11(2,3)8-12(4,5)10-13/h7-10H2,1-6H3. The topological polar surface area (TPSA) is 0 Å². The van der Waals surface area contributed by atoms with Gasteiger partial charge in [-0.15, -0.1) is 0 Å². The smallest absolute Gasteiger partial charge is 0.0318 e. The molecule has 1 fully saturated rings. The molecule has 0 amide bonds. The molecule has 78 valence electrons. The summed E-state index contributed by atoms with van der Waals surface area (Å²) in [5.41, 5.74) is 1.68. The minimum Gasteiger partial charge on any atom is -0.0649 e. The lowest BCUT2D eigenvalue weighted by atomic mass is 9.55. The van der Waals surface area contributed by atoms with Crippen LogP contribution in [0.15, 0.2) is 0 Å². The summed E-state index contributed by atoms with van der Waals surface area (Å²) >= 11 is 0. The molecule has 1 saturated carbocycles. The van der Waals surface area contributed by atoms with Crippen molar-refractivity contribution >= 4 is 0 Å². The van der Waals surface area contributed by atoms with Gasteiger partial charge in [0, 0.05) is 0 Å². The zero-order valence-corrected chi connectivity index (χ0v) is 10.3. The van der Waals surface area contributed by atoms with E-state index >= 15 is 0 Å². The average Bonchev–Trinajstić information content (AvgIpc) is 1.79. The zero-order valence-electron chi connectivity index (χ0n) is 10.3. The van der Waals surface area contributed by atoms with Crippen LogP contribution in [0, 0.1) is 16.2 Å². The maximum atomic E-state index is 2.47. The van der Waals surface area contributed by atoms with Crippen molar-refractivity contribution in [2.24, 2.45) is 16.2 Å². The Labute approximate surface area is 84.1 Å². The van der Waals surface area contributed by atoms with E-state index in [0.29, 0.717) is 16.2 Å². The lowest BCUT2D eigenvalue weighted by Gasteiger charge is -2.50. The largest absolute Gasteiger partial charge is 0.0649 e. The van der Waals surface area contributed by atoms with Gasteiger partial charge in [-0.3, -0.25) is 0 Å². The monoisotopic (exact) mass is 182 g/mol. The lowest BCUT2D eigenvalue weighted by Crippen LogP contribution is -2.39. The van der Waals surface area contributed by atoms with Gasteiger partial charge in [0.15, 0.2) is 0 Å². The van der Waals surface area contributed by atoms with Crippen molar-refractivity contribution in [3.63, 3.8) is 0 Å². The predicted octanol–water partition coefficient (Wildman–Crippen LogP) is 4.64. The first-order chi connectivity index (χ1) is 5.68. The molecule has 0 unspecified atom stereocenters. The summed E-state index contributed by atoms with van der Waals surface area (Å²) in [5, 5.41) is 0. The SMILES string of the molecule is CCC1(C)CC(C)(C)CC(C)(C)C1. The second kappa shape index (κ2) is 3.00. The molecule has 0 aromatic rings. The molecule has 0 bridgehead atoms. The van der Waals surface area contributed by atoms with Crippen LogP contribution in [0.25, 0.3) is 0 Å². The van der Waals surface area contributed by atoms with Gasteiger partial charge in [-0.2, -0.15) is 0 Å². The fourth-order valence-corrected chi connectivity index (χ4v) is 4.04. The quantitative estimate of drug-likeness (QED) is 0.554. The Balaban J connectivity index is 2.84. The van der Waals surface area contributed by atoms with E-state index in [-0.39, 0.29) is 0 Å². The van der Waals surface area contributed by atoms with Gasteiger partial charge in [-0.05, 0) is 35.5 Å². The molecule has 1 aliphatic carbocycles. The normalized spacial score (nSPS) is 30.0. The molecule has 1 aliphatic rings. The molecule has 0 nitrogen and oxygen atoms in total. The summed E-state index contributed by atoms with van der Waals surface area (Å²) in [5.74, 6) is 0. The maximum absolute atomic E-state index is 2.47. The summed E-state index contributed by atoms with van der Waals surface area (Å²) in [7, 11) is 0. The van der Waals surface area contributed by atoms with Crippen molar-refractivity contribution in [1.29, 1.82) is 0 Å². The van der Waals surface area contributed by atoms with Crippen LogP contribution in [0.3, 0.4) is 0 Å². The van der Waals surface area contributed by atoms with E-state index in [0.717, 1.165) is 0 Å². The predicted molar refractivity (Wildman–Crippen MR) is 59.8 cm³/mol. The highest BCUT2D eigenvalue weighted by Crippen LogP contribution is 2.55. The molecule has 13 heavy (non-hydrogen) atoms. The third-order valence-electron chi connectivity index (χ3n) is 3.62. The van der Waals surface area contributed by atoms with E-state index in [9.17, 15) is 0 Å². The van der Waals surface area contributed by atoms with Gasteiger partial charge < -0.3 is 0 Å². The number of hydrogen-bond donors (Lipinski definition) is 0. The van der Waals surface area contributed by atoms with E-state index in [4.69, 9.17) is 0 Å². The van der Waals surface area contributed by atoms with Crippen LogP contribution >= 0.6 is 0 Å². The van der Waals surface area contributed by atoms with Crippen LogP contribution in [-0.4, -0.2) is 0 Å². The van der Waals surface area contributed by atoms with Crippen molar-refractivity contribution in [2.45, 2.75) is 67.2 Å². The van der Waals surface area contributed by atoms with E-state index in [1.54, 1.807) is 0 Å². The molecule has 0 heteroatoms. The van der Waals surface area contributed by atoms with Crippen molar-refractivity contribution < 1.29 is 0 Å². The van der Waals surface area contributed by atoms with E-state index in [1.165, 1.54) is 25.7 Å². The summed E-state index contributed by atoms with van der Waals surface area (Å²) < 4.78 is 0. The Kier molecular flexibility index (Phi) is 2.56. The van der Waals surface area contributed by atoms with Gasteiger partial charge in [0.1, 0.15) is 0 Å². The molecule has 0 aromatic heterocycles. The van der Waals surface area contributed by atoms with Crippen LogP contribution in [0.5, 0.6) is 0 Å². The molecule has 0 atom stereocenters. The molecule has 0 aliphatic heterocycles. The Morgan fingerprint density at radius 3 is 1.46 bits per heavy atom. The minimum absolute atomic E-state index is 0.548. The first kappa shape index (κ1) is 11.1. The third-order valence-corrected chi connectivity index (χ3v) is 3.62. The first-order valence-corrected chi connectivity index (χ1v) is 5.68. The summed E-state index contributed by atoms with van der Waals surface area (Å²) in [4.78, 5) is 0. The fraction of sp³-hybridized carbons (Fsp3) is 1.00. The molecule has 0 heterocycles. The number of rotatable bonds is 1. The van der Waals surface area contributed by atoms with Crippen LogP contribution in [-0.2, 0) is 0 Å². The Morgan fingerprint density at radius 2 is 1.15 bits per heavy atom. The van der Waals surface area contributed by atoms with E-state index in [2.05, 4.69) is 41.5 Å². The minimum atomic E-state index is 0.548. The molecular formula is C13H26. The molecular weight excluding hydrogens is 156 g/mol. The zero-order chi connectivity index (χ0) is 10.3. The second-order valence-corrected chi connectivity index (χ2v) is 7.02. The molecule has 1 rings (SSSR count). The lowest BCUT2D eigenvalue weighted by molar-refractivity contribution is 0.00669.